The van der Waals surface area contributed by atoms with Crippen molar-refractivity contribution in [3.63, 3.8) is 0 Å². The van der Waals surface area contributed by atoms with Gasteiger partial charge in [-0.15, -0.1) is 0 Å². The maximum Gasteiger partial charge on any atom is 0.201 e. The lowest BCUT2D eigenvalue weighted by molar-refractivity contribution is 0.333. The van der Waals surface area contributed by atoms with Gasteiger partial charge in [-0.25, -0.2) is 8.78 Å². The van der Waals surface area contributed by atoms with Crippen molar-refractivity contribution >= 4 is 0 Å². The number of benzene rings is 3. The standard InChI is InChI=1S/C30H29F3O/c1-3-5-20-6-8-21(9-7-20)24-14-15-25(27(31)19-24)22-10-12-23(13-11-22)26-16-17-28(34-18-4-2)30(33)29(26)32/h3-5,10-17,19-21H,2,6-9,18H2,1H3/b5-3+. The van der Waals surface area contributed by atoms with E-state index in [1.54, 1.807) is 30.3 Å². The molecule has 176 valence electrons. The summed E-state index contributed by atoms with van der Waals surface area (Å²) in [6.07, 6.45) is 10.3. The third kappa shape index (κ3) is 5.11. The highest BCUT2D eigenvalue weighted by Crippen LogP contribution is 2.38. The summed E-state index contributed by atoms with van der Waals surface area (Å²) < 4.78 is 49.1. The molecule has 0 heterocycles. The lowest BCUT2D eigenvalue weighted by atomic mass is 9.78. The molecule has 0 unspecified atom stereocenters. The highest BCUT2D eigenvalue weighted by molar-refractivity contribution is 5.71. The van der Waals surface area contributed by atoms with Gasteiger partial charge in [-0.05, 0) is 79.3 Å². The normalized spacial score (nSPS) is 18.2. The van der Waals surface area contributed by atoms with E-state index in [4.69, 9.17) is 4.74 Å². The van der Waals surface area contributed by atoms with Crippen molar-refractivity contribution in [3.8, 4) is 28.0 Å². The molecule has 1 saturated carbocycles. The number of hydrogen-bond acceptors (Lipinski definition) is 1. The van der Waals surface area contributed by atoms with Crippen LogP contribution in [0.4, 0.5) is 13.2 Å². The minimum atomic E-state index is -1.04. The Balaban J connectivity index is 1.51. The van der Waals surface area contributed by atoms with Crippen molar-refractivity contribution < 1.29 is 17.9 Å². The predicted octanol–water partition coefficient (Wildman–Crippen LogP) is 8.85. The van der Waals surface area contributed by atoms with E-state index in [0.717, 1.165) is 31.2 Å². The van der Waals surface area contributed by atoms with Crippen LogP contribution in [0.3, 0.4) is 0 Å². The second kappa shape index (κ2) is 10.8. The molecule has 1 aliphatic rings. The molecular weight excluding hydrogens is 433 g/mol. The average Bonchev–Trinajstić information content (AvgIpc) is 2.86. The van der Waals surface area contributed by atoms with Gasteiger partial charge in [0.15, 0.2) is 11.6 Å². The van der Waals surface area contributed by atoms with E-state index >= 15 is 4.39 Å². The Morgan fingerprint density at radius 1 is 0.853 bits per heavy atom. The van der Waals surface area contributed by atoms with E-state index in [-0.39, 0.29) is 23.7 Å². The summed E-state index contributed by atoms with van der Waals surface area (Å²) in [4.78, 5) is 0. The molecule has 1 aliphatic carbocycles. The second-order valence-corrected chi connectivity index (χ2v) is 8.79. The predicted molar refractivity (Wildman–Crippen MR) is 132 cm³/mol. The maximum absolute atomic E-state index is 15.0. The summed E-state index contributed by atoms with van der Waals surface area (Å²) in [5.41, 5.74) is 2.87. The second-order valence-electron chi connectivity index (χ2n) is 8.79. The Morgan fingerprint density at radius 2 is 1.50 bits per heavy atom. The molecular formula is C30H29F3O. The van der Waals surface area contributed by atoms with Gasteiger partial charge in [0.1, 0.15) is 12.4 Å². The Labute approximate surface area is 199 Å². The van der Waals surface area contributed by atoms with Crippen molar-refractivity contribution in [1.82, 2.24) is 0 Å². The topological polar surface area (TPSA) is 9.23 Å². The van der Waals surface area contributed by atoms with Gasteiger partial charge < -0.3 is 4.74 Å². The number of ether oxygens (including phenoxy) is 1. The minimum absolute atomic E-state index is 0.0895. The summed E-state index contributed by atoms with van der Waals surface area (Å²) in [6, 6.07) is 15.2. The van der Waals surface area contributed by atoms with Crippen LogP contribution in [0.1, 0.15) is 44.1 Å². The Kier molecular flexibility index (Phi) is 7.56. The molecule has 3 aromatic carbocycles. The first-order valence-electron chi connectivity index (χ1n) is 11.8. The molecule has 0 saturated heterocycles. The van der Waals surface area contributed by atoms with E-state index in [1.165, 1.54) is 18.2 Å². The van der Waals surface area contributed by atoms with Gasteiger partial charge in [-0.3, -0.25) is 0 Å². The fraction of sp³-hybridized carbons (Fsp3) is 0.267. The fourth-order valence-electron chi connectivity index (χ4n) is 4.78. The molecule has 1 nitrogen and oxygen atoms in total. The molecule has 0 aliphatic heterocycles. The first-order valence-corrected chi connectivity index (χ1v) is 11.8. The molecule has 4 heteroatoms. The molecule has 0 amide bonds. The van der Waals surface area contributed by atoms with Gasteiger partial charge in [0, 0.05) is 11.1 Å². The molecule has 34 heavy (non-hydrogen) atoms. The smallest absolute Gasteiger partial charge is 0.201 e. The first-order chi connectivity index (χ1) is 16.5. The number of halogens is 3. The van der Waals surface area contributed by atoms with Gasteiger partial charge in [-0.2, -0.15) is 4.39 Å². The molecule has 0 bridgehead atoms. The van der Waals surface area contributed by atoms with Crippen LogP contribution < -0.4 is 4.74 Å². The third-order valence-electron chi connectivity index (χ3n) is 6.61. The average molecular weight is 463 g/mol. The lowest BCUT2D eigenvalue weighted by Crippen LogP contribution is -2.12. The van der Waals surface area contributed by atoms with Crippen LogP contribution in [0.5, 0.6) is 5.75 Å². The van der Waals surface area contributed by atoms with Crippen molar-refractivity contribution in [2.45, 2.75) is 38.5 Å². The van der Waals surface area contributed by atoms with Crippen LogP contribution in [-0.2, 0) is 0 Å². The first kappa shape index (κ1) is 23.9. The van der Waals surface area contributed by atoms with Crippen LogP contribution in [0.15, 0.2) is 79.4 Å². The molecule has 0 atom stereocenters. The van der Waals surface area contributed by atoms with Crippen molar-refractivity contribution in [1.29, 1.82) is 0 Å². The largest absolute Gasteiger partial charge is 0.486 e. The third-order valence-corrected chi connectivity index (χ3v) is 6.61. The summed E-state index contributed by atoms with van der Waals surface area (Å²) >= 11 is 0. The van der Waals surface area contributed by atoms with E-state index in [0.29, 0.717) is 28.5 Å². The molecule has 0 radical (unpaired) electrons. The summed E-state index contributed by atoms with van der Waals surface area (Å²) in [5, 5.41) is 0. The molecule has 0 N–H and O–H groups in total. The SMILES string of the molecule is C=CCOc1ccc(-c2ccc(-c3ccc(C4CCC(/C=C/C)CC4)cc3F)cc2)c(F)c1F. The van der Waals surface area contributed by atoms with E-state index in [1.807, 2.05) is 12.1 Å². The van der Waals surface area contributed by atoms with Gasteiger partial charge in [-0.1, -0.05) is 61.2 Å². The number of allylic oxidation sites excluding steroid dienone is 2. The summed E-state index contributed by atoms with van der Waals surface area (Å²) in [6.45, 7) is 5.64. The fourth-order valence-corrected chi connectivity index (χ4v) is 4.78. The minimum Gasteiger partial charge on any atom is -0.486 e. The summed E-state index contributed by atoms with van der Waals surface area (Å²) in [5.74, 6) is -1.40. The van der Waals surface area contributed by atoms with Gasteiger partial charge in [0.05, 0.1) is 0 Å². The quantitative estimate of drug-likeness (QED) is 0.319. The monoisotopic (exact) mass is 462 g/mol. The highest BCUT2D eigenvalue weighted by Gasteiger charge is 2.22. The molecule has 1 fully saturated rings. The maximum atomic E-state index is 15.0. The molecule has 3 aromatic rings. The zero-order chi connectivity index (χ0) is 24.1. The van der Waals surface area contributed by atoms with Crippen molar-refractivity contribution in [2.24, 2.45) is 5.92 Å². The Morgan fingerprint density at radius 3 is 2.12 bits per heavy atom. The highest BCUT2D eigenvalue weighted by atomic mass is 19.2. The van der Waals surface area contributed by atoms with E-state index in [2.05, 4.69) is 25.7 Å². The number of hydrogen-bond donors (Lipinski definition) is 0. The zero-order valence-electron chi connectivity index (χ0n) is 19.4. The van der Waals surface area contributed by atoms with E-state index in [9.17, 15) is 8.78 Å². The van der Waals surface area contributed by atoms with Gasteiger partial charge in [0.2, 0.25) is 5.82 Å². The van der Waals surface area contributed by atoms with Crippen LogP contribution in [0.2, 0.25) is 0 Å². The molecule has 0 spiro atoms. The number of rotatable bonds is 7. The Hall–Kier alpha value is -3.27. The van der Waals surface area contributed by atoms with Crippen LogP contribution in [-0.4, -0.2) is 6.61 Å². The Bertz CT molecular complexity index is 1170. The summed E-state index contributed by atoms with van der Waals surface area (Å²) in [7, 11) is 0. The van der Waals surface area contributed by atoms with Gasteiger partial charge in [0.25, 0.3) is 0 Å². The zero-order valence-corrected chi connectivity index (χ0v) is 19.4. The molecule has 4 rings (SSSR count). The van der Waals surface area contributed by atoms with E-state index < -0.39 is 11.6 Å². The lowest BCUT2D eigenvalue weighted by Gasteiger charge is -2.27. The van der Waals surface area contributed by atoms with Gasteiger partial charge >= 0.3 is 0 Å². The molecule has 0 aromatic heterocycles. The van der Waals surface area contributed by atoms with Crippen LogP contribution in [0, 0.1) is 23.4 Å². The van der Waals surface area contributed by atoms with Crippen LogP contribution >= 0.6 is 0 Å². The van der Waals surface area contributed by atoms with Crippen molar-refractivity contribution in [3.05, 3.63) is 102 Å². The van der Waals surface area contributed by atoms with Crippen LogP contribution in [0.25, 0.3) is 22.3 Å². The van der Waals surface area contributed by atoms with Crippen molar-refractivity contribution in [2.75, 3.05) is 6.61 Å².